The number of halogens is 1. The molecule has 46 heavy (non-hydrogen) atoms. The van der Waals surface area contributed by atoms with E-state index in [-0.39, 0.29) is 44.4 Å². The molecule has 0 bridgehead atoms. The van der Waals surface area contributed by atoms with Crippen LogP contribution >= 0.6 is 0 Å². The standard InChI is InChI=1S/C36H30FN3O5S/c1-22-12-16-25(17-13-22)46(43,44)40-31(26-10-7-11-32(45-3)34(26)37)18-28-30(20-38(2)36(42)35(28)40)27-19-33(41)39(24-14-15-24)21-29(27)23-8-5-4-6-9-23/h4-13,16-21,24H,14-15H2,1-3H3. The molecule has 0 saturated heterocycles. The van der Waals surface area contributed by atoms with Crippen LogP contribution in [0, 0.1) is 12.7 Å². The van der Waals surface area contributed by atoms with Gasteiger partial charge in [0.25, 0.3) is 21.1 Å². The normalized spacial score (nSPS) is 13.3. The Bertz CT molecular complexity index is 2390. The molecule has 10 heteroatoms. The van der Waals surface area contributed by atoms with E-state index in [1.54, 1.807) is 29.0 Å². The maximum atomic E-state index is 15.9. The number of aromatic nitrogens is 3. The molecule has 6 aromatic rings. The number of methoxy groups -OCH3 is 1. The maximum Gasteiger partial charge on any atom is 0.275 e. The fourth-order valence-electron chi connectivity index (χ4n) is 5.98. The molecule has 0 atom stereocenters. The van der Waals surface area contributed by atoms with Crippen LogP contribution < -0.4 is 15.9 Å². The van der Waals surface area contributed by atoms with Crippen molar-refractivity contribution >= 4 is 20.9 Å². The minimum Gasteiger partial charge on any atom is -0.494 e. The average Bonchev–Trinajstić information content (AvgIpc) is 3.82. The quantitative estimate of drug-likeness (QED) is 0.199. The number of rotatable bonds is 7. The Morgan fingerprint density at radius 2 is 1.54 bits per heavy atom. The highest BCUT2D eigenvalue weighted by Crippen LogP contribution is 2.42. The number of ether oxygens (including phenoxy) is 1. The molecule has 0 unspecified atom stereocenters. The van der Waals surface area contributed by atoms with Gasteiger partial charge in [0.1, 0.15) is 5.52 Å². The van der Waals surface area contributed by atoms with Gasteiger partial charge < -0.3 is 13.9 Å². The summed E-state index contributed by atoms with van der Waals surface area (Å²) in [5, 5.41) is 0.261. The number of fused-ring (bicyclic) bond motifs is 1. The lowest BCUT2D eigenvalue weighted by atomic mass is 9.95. The topological polar surface area (TPSA) is 92.3 Å². The Kier molecular flexibility index (Phi) is 7.05. The molecule has 232 valence electrons. The van der Waals surface area contributed by atoms with Crippen LogP contribution in [0.15, 0.2) is 112 Å². The summed E-state index contributed by atoms with van der Waals surface area (Å²) < 4.78 is 54.0. The molecular weight excluding hydrogens is 605 g/mol. The molecule has 8 nitrogen and oxygen atoms in total. The monoisotopic (exact) mass is 635 g/mol. The Morgan fingerprint density at radius 3 is 2.22 bits per heavy atom. The van der Waals surface area contributed by atoms with Gasteiger partial charge in [0.05, 0.1) is 17.7 Å². The first-order valence-corrected chi connectivity index (χ1v) is 16.3. The van der Waals surface area contributed by atoms with Gasteiger partial charge in [-0.1, -0.05) is 54.1 Å². The average molecular weight is 636 g/mol. The van der Waals surface area contributed by atoms with Crippen molar-refractivity contribution in [2.45, 2.75) is 30.7 Å². The molecule has 1 saturated carbocycles. The largest absolute Gasteiger partial charge is 0.494 e. The zero-order chi connectivity index (χ0) is 32.3. The third-order valence-electron chi connectivity index (χ3n) is 8.51. The Morgan fingerprint density at radius 1 is 0.826 bits per heavy atom. The van der Waals surface area contributed by atoms with Crippen LogP contribution in [0.1, 0.15) is 24.4 Å². The van der Waals surface area contributed by atoms with E-state index < -0.39 is 21.4 Å². The molecule has 0 N–H and O–H groups in total. The molecular formula is C36H30FN3O5S. The molecule has 0 amide bonds. The molecule has 3 aromatic heterocycles. The van der Waals surface area contributed by atoms with Crippen LogP contribution in [0.3, 0.4) is 0 Å². The smallest absolute Gasteiger partial charge is 0.275 e. The predicted octanol–water partition coefficient (Wildman–Crippen LogP) is 6.53. The van der Waals surface area contributed by atoms with Crippen molar-refractivity contribution in [2.75, 3.05) is 7.11 Å². The third-order valence-corrected chi connectivity index (χ3v) is 10.2. The summed E-state index contributed by atoms with van der Waals surface area (Å²) in [6.45, 7) is 1.84. The predicted molar refractivity (Wildman–Crippen MR) is 176 cm³/mol. The fourth-order valence-corrected chi connectivity index (χ4v) is 7.50. The molecule has 0 radical (unpaired) electrons. The number of nitrogens with zero attached hydrogens (tertiary/aromatic N) is 3. The Hall–Kier alpha value is -5.22. The van der Waals surface area contributed by atoms with Gasteiger partial charge >= 0.3 is 0 Å². The van der Waals surface area contributed by atoms with Gasteiger partial charge in [-0.05, 0) is 61.2 Å². The fraction of sp³-hybridized carbons (Fsp3) is 0.167. The minimum atomic E-state index is -4.44. The van der Waals surface area contributed by atoms with E-state index in [0.717, 1.165) is 33.5 Å². The van der Waals surface area contributed by atoms with Crippen LogP contribution in [0.25, 0.3) is 44.4 Å². The number of hydrogen-bond donors (Lipinski definition) is 0. The van der Waals surface area contributed by atoms with Crippen molar-refractivity contribution in [3.05, 3.63) is 129 Å². The molecule has 1 aliphatic carbocycles. The lowest BCUT2D eigenvalue weighted by Gasteiger charge is -2.16. The first kappa shape index (κ1) is 29.5. The van der Waals surface area contributed by atoms with Gasteiger partial charge in [-0.15, -0.1) is 0 Å². The van der Waals surface area contributed by atoms with E-state index in [0.29, 0.717) is 11.1 Å². The molecule has 0 aliphatic heterocycles. The van der Waals surface area contributed by atoms with Gasteiger partial charge in [-0.2, -0.15) is 0 Å². The molecule has 3 aromatic carbocycles. The van der Waals surface area contributed by atoms with Crippen molar-refractivity contribution in [1.29, 1.82) is 0 Å². The van der Waals surface area contributed by atoms with E-state index in [1.807, 2.05) is 43.5 Å². The van der Waals surface area contributed by atoms with E-state index in [1.165, 1.54) is 55.1 Å². The molecule has 7 rings (SSSR count). The van der Waals surface area contributed by atoms with E-state index in [9.17, 15) is 18.0 Å². The van der Waals surface area contributed by atoms with Crippen LogP contribution in [0.2, 0.25) is 0 Å². The summed E-state index contributed by atoms with van der Waals surface area (Å²) in [4.78, 5) is 27.4. The van der Waals surface area contributed by atoms with Crippen LogP contribution in [0.5, 0.6) is 5.75 Å². The summed E-state index contributed by atoms with van der Waals surface area (Å²) in [6.07, 6.45) is 5.26. The van der Waals surface area contributed by atoms with Crippen molar-refractivity contribution in [2.24, 2.45) is 7.05 Å². The summed E-state index contributed by atoms with van der Waals surface area (Å²) >= 11 is 0. The minimum absolute atomic E-state index is 0.0518. The van der Waals surface area contributed by atoms with Gasteiger partial charge in [-0.25, -0.2) is 16.8 Å². The first-order valence-electron chi connectivity index (χ1n) is 14.8. The summed E-state index contributed by atoms with van der Waals surface area (Å²) in [5.74, 6) is -0.853. The molecule has 0 spiro atoms. The van der Waals surface area contributed by atoms with Gasteiger partial charge in [0.2, 0.25) is 0 Å². The van der Waals surface area contributed by atoms with Crippen molar-refractivity contribution < 1.29 is 17.5 Å². The highest BCUT2D eigenvalue weighted by atomic mass is 32.2. The second-order valence-electron chi connectivity index (χ2n) is 11.6. The summed E-state index contributed by atoms with van der Waals surface area (Å²) in [6, 6.07) is 23.4. The number of benzene rings is 3. The Balaban J connectivity index is 1.63. The summed E-state index contributed by atoms with van der Waals surface area (Å²) in [5.41, 5.74) is 2.34. The van der Waals surface area contributed by atoms with Crippen LogP contribution in [-0.4, -0.2) is 28.6 Å². The molecule has 1 fully saturated rings. The van der Waals surface area contributed by atoms with Crippen molar-refractivity contribution in [3.63, 3.8) is 0 Å². The summed E-state index contributed by atoms with van der Waals surface area (Å²) in [7, 11) is -1.59. The molecule has 3 heterocycles. The maximum absolute atomic E-state index is 15.9. The van der Waals surface area contributed by atoms with Crippen LogP contribution in [-0.2, 0) is 17.1 Å². The van der Waals surface area contributed by atoms with Gasteiger partial charge in [-0.3, -0.25) is 9.59 Å². The molecule has 1 aliphatic rings. The van der Waals surface area contributed by atoms with E-state index >= 15 is 4.39 Å². The second-order valence-corrected chi connectivity index (χ2v) is 13.4. The SMILES string of the molecule is COc1cccc(-c2cc3c(-c4cc(=O)n(C5CC5)cc4-c4ccccc4)cn(C)c(=O)c3n2S(=O)(=O)c2ccc(C)cc2)c1F. The highest BCUT2D eigenvalue weighted by Gasteiger charge is 2.31. The number of aryl methyl sites for hydroxylation is 2. The second kappa shape index (κ2) is 11.0. The zero-order valence-corrected chi connectivity index (χ0v) is 26.2. The van der Waals surface area contributed by atoms with Crippen LogP contribution in [0.4, 0.5) is 4.39 Å². The third kappa shape index (κ3) is 4.76. The zero-order valence-electron chi connectivity index (χ0n) is 25.4. The van der Waals surface area contributed by atoms with E-state index in [2.05, 4.69) is 0 Å². The lowest BCUT2D eigenvalue weighted by Crippen LogP contribution is -2.24. The highest BCUT2D eigenvalue weighted by molar-refractivity contribution is 7.90. The van der Waals surface area contributed by atoms with E-state index in [4.69, 9.17) is 4.74 Å². The Labute approximate surface area is 264 Å². The van der Waals surface area contributed by atoms with Crippen molar-refractivity contribution in [1.82, 2.24) is 13.1 Å². The number of hydrogen-bond acceptors (Lipinski definition) is 5. The first-order chi connectivity index (χ1) is 22.1. The number of pyridine rings is 2. The lowest BCUT2D eigenvalue weighted by molar-refractivity contribution is 0.387. The van der Waals surface area contributed by atoms with Crippen molar-refractivity contribution in [3.8, 4) is 39.3 Å². The van der Waals surface area contributed by atoms with Gasteiger partial charge in [0, 0.05) is 53.6 Å². The van der Waals surface area contributed by atoms with Gasteiger partial charge in [0.15, 0.2) is 11.6 Å².